The molecule has 0 aromatic heterocycles. The lowest BCUT2D eigenvalue weighted by molar-refractivity contribution is -0.119. The molecule has 1 fully saturated rings. The monoisotopic (exact) mass is 443 g/mol. The van der Waals surface area contributed by atoms with Gasteiger partial charge in [0.2, 0.25) is 15.9 Å². The lowest BCUT2D eigenvalue weighted by atomic mass is 10.0. The average Bonchev–Trinajstić information content (AvgIpc) is 2.74. The molecule has 0 saturated carbocycles. The molecular formula is C24H33N3O3S. The fourth-order valence-electron chi connectivity index (χ4n) is 4.01. The van der Waals surface area contributed by atoms with Gasteiger partial charge in [-0.05, 0) is 68.1 Å². The number of likely N-dealkylation sites (tertiary alicyclic amines) is 1. The number of nitrogens with zero attached hydrogens (tertiary/aromatic N) is 2. The van der Waals surface area contributed by atoms with Crippen LogP contribution in [-0.4, -0.2) is 45.1 Å². The lowest BCUT2D eigenvalue weighted by Gasteiger charge is -2.27. The van der Waals surface area contributed by atoms with Gasteiger partial charge in [0.15, 0.2) is 0 Å². The number of hydrogen-bond donors (Lipinski definition) is 1. The average molecular weight is 444 g/mol. The van der Waals surface area contributed by atoms with Gasteiger partial charge in [-0.25, -0.2) is 8.42 Å². The molecule has 2 aromatic rings. The van der Waals surface area contributed by atoms with Crippen molar-refractivity contribution >= 4 is 21.6 Å². The summed E-state index contributed by atoms with van der Waals surface area (Å²) < 4.78 is 26.0. The smallest absolute Gasteiger partial charge is 0.241 e. The second kappa shape index (κ2) is 10.3. The fourth-order valence-corrected chi connectivity index (χ4v) is 4.92. The summed E-state index contributed by atoms with van der Waals surface area (Å²) in [7, 11) is -3.60. The maximum absolute atomic E-state index is 12.7. The molecule has 7 heteroatoms. The van der Waals surface area contributed by atoms with Crippen molar-refractivity contribution in [2.45, 2.75) is 46.2 Å². The largest absolute Gasteiger partial charge is 0.350 e. The van der Waals surface area contributed by atoms with Crippen LogP contribution in [0.25, 0.3) is 0 Å². The molecule has 2 aromatic carbocycles. The molecule has 1 aliphatic heterocycles. The van der Waals surface area contributed by atoms with Crippen LogP contribution in [0.4, 0.5) is 5.69 Å². The van der Waals surface area contributed by atoms with Gasteiger partial charge in [0.25, 0.3) is 0 Å². The van der Waals surface area contributed by atoms with Gasteiger partial charge in [-0.2, -0.15) is 0 Å². The Labute approximate surface area is 186 Å². The summed E-state index contributed by atoms with van der Waals surface area (Å²) in [6.45, 7) is 7.05. The molecule has 168 valence electrons. The Morgan fingerprint density at radius 3 is 2.35 bits per heavy atom. The van der Waals surface area contributed by atoms with Crippen molar-refractivity contribution in [1.82, 2.24) is 10.2 Å². The van der Waals surface area contributed by atoms with Crippen LogP contribution in [0.2, 0.25) is 0 Å². The summed E-state index contributed by atoms with van der Waals surface area (Å²) in [5, 5.41) is 2.92. The van der Waals surface area contributed by atoms with Crippen LogP contribution in [0.1, 0.15) is 41.5 Å². The minimum absolute atomic E-state index is 0.239. The highest BCUT2D eigenvalue weighted by molar-refractivity contribution is 7.92. The molecule has 31 heavy (non-hydrogen) atoms. The summed E-state index contributed by atoms with van der Waals surface area (Å²) in [5.41, 5.74) is 4.66. The number of aryl methyl sites for hydroxylation is 1. The third-order valence-corrected chi connectivity index (χ3v) is 7.10. The van der Waals surface area contributed by atoms with Crippen LogP contribution in [0.3, 0.4) is 0 Å². The summed E-state index contributed by atoms with van der Waals surface area (Å²) in [6, 6.07) is 13.6. The Morgan fingerprint density at radius 1 is 1.00 bits per heavy atom. The van der Waals surface area contributed by atoms with Gasteiger partial charge >= 0.3 is 0 Å². The number of nitrogens with one attached hydrogen (secondary N) is 1. The molecule has 3 rings (SSSR count). The third kappa shape index (κ3) is 6.31. The first-order valence-electron chi connectivity index (χ1n) is 10.9. The van der Waals surface area contributed by atoms with Crippen LogP contribution >= 0.6 is 0 Å². The van der Waals surface area contributed by atoms with Crippen molar-refractivity contribution in [3.8, 4) is 0 Å². The molecule has 1 amide bonds. The zero-order valence-electron chi connectivity index (χ0n) is 18.7. The van der Waals surface area contributed by atoms with Crippen molar-refractivity contribution in [3.63, 3.8) is 0 Å². The Bertz CT molecular complexity index is 1010. The lowest BCUT2D eigenvalue weighted by Crippen LogP contribution is -2.40. The third-order valence-electron chi connectivity index (χ3n) is 5.97. The molecule has 0 spiro atoms. The van der Waals surface area contributed by atoms with E-state index in [1.807, 2.05) is 44.2 Å². The summed E-state index contributed by atoms with van der Waals surface area (Å²) in [4.78, 5) is 15.2. The van der Waals surface area contributed by atoms with E-state index in [0.29, 0.717) is 12.2 Å². The zero-order valence-corrected chi connectivity index (χ0v) is 19.5. The van der Waals surface area contributed by atoms with Crippen LogP contribution in [0.15, 0.2) is 42.5 Å². The van der Waals surface area contributed by atoms with E-state index in [0.717, 1.165) is 42.6 Å². The first kappa shape index (κ1) is 23.3. The number of piperidine rings is 1. The highest BCUT2D eigenvalue weighted by atomic mass is 32.2. The van der Waals surface area contributed by atoms with E-state index in [1.165, 1.54) is 29.1 Å². The number of carbonyl (C=O) groups is 1. The van der Waals surface area contributed by atoms with Crippen LogP contribution in [0.5, 0.6) is 0 Å². The molecule has 0 unspecified atom stereocenters. The molecule has 0 atom stereocenters. The Morgan fingerprint density at radius 2 is 1.68 bits per heavy atom. The SMILES string of the molecule is Cc1cccc(N(CC(=O)NCc2ccccc2CN2CCCCC2)S(C)(=O)=O)c1C. The molecule has 0 radical (unpaired) electrons. The van der Waals surface area contributed by atoms with E-state index in [2.05, 4.69) is 16.3 Å². The molecule has 1 heterocycles. The van der Waals surface area contributed by atoms with E-state index >= 15 is 0 Å². The molecular weight excluding hydrogens is 410 g/mol. The van der Waals surface area contributed by atoms with Gasteiger partial charge in [-0.3, -0.25) is 14.0 Å². The quantitative estimate of drug-likeness (QED) is 0.679. The zero-order chi connectivity index (χ0) is 22.4. The molecule has 6 nitrogen and oxygen atoms in total. The number of carbonyl (C=O) groups excluding carboxylic acids is 1. The Kier molecular flexibility index (Phi) is 7.73. The predicted molar refractivity (Wildman–Crippen MR) is 126 cm³/mol. The highest BCUT2D eigenvalue weighted by Crippen LogP contribution is 2.24. The van der Waals surface area contributed by atoms with Gasteiger partial charge in [-0.15, -0.1) is 0 Å². The number of benzene rings is 2. The molecule has 1 aliphatic rings. The molecule has 0 aliphatic carbocycles. The fraction of sp³-hybridized carbons (Fsp3) is 0.458. The maximum atomic E-state index is 12.7. The van der Waals surface area contributed by atoms with Crippen molar-refractivity contribution in [1.29, 1.82) is 0 Å². The van der Waals surface area contributed by atoms with Crippen LogP contribution < -0.4 is 9.62 Å². The Balaban J connectivity index is 1.68. The van der Waals surface area contributed by atoms with Crippen molar-refractivity contribution in [3.05, 3.63) is 64.7 Å². The van der Waals surface area contributed by atoms with Gasteiger partial charge < -0.3 is 5.32 Å². The number of sulfonamides is 1. The van der Waals surface area contributed by atoms with Crippen LogP contribution in [-0.2, 0) is 27.9 Å². The first-order chi connectivity index (χ1) is 14.8. The maximum Gasteiger partial charge on any atom is 0.241 e. The first-order valence-corrected chi connectivity index (χ1v) is 12.7. The summed E-state index contributed by atoms with van der Waals surface area (Å²) in [6.07, 6.45) is 4.90. The van der Waals surface area contributed by atoms with Crippen molar-refractivity contribution in [2.24, 2.45) is 0 Å². The molecule has 1 saturated heterocycles. The van der Waals surface area contributed by atoms with Gasteiger partial charge in [-0.1, -0.05) is 42.8 Å². The number of rotatable bonds is 8. The normalized spacial score (nSPS) is 14.9. The van der Waals surface area contributed by atoms with E-state index < -0.39 is 10.0 Å². The van der Waals surface area contributed by atoms with Crippen molar-refractivity contribution < 1.29 is 13.2 Å². The predicted octanol–water partition coefficient (Wildman–Crippen LogP) is 3.37. The van der Waals surface area contributed by atoms with Crippen molar-refractivity contribution in [2.75, 3.05) is 30.2 Å². The van der Waals surface area contributed by atoms with E-state index in [4.69, 9.17) is 0 Å². The second-order valence-corrected chi connectivity index (χ2v) is 10.3. The molecule has 1 N–H and O–H groups in total. The minimum atomic E-state index is -3.60. The summed E-state index contributed by atoms with van der Waals surface area (Å²) >= 11 is 0. The topological polar surface area (TPSA) is 69.7 Å². The Hall–Kier alpha value is -2.38. The summed E-state index contributed by atoms with van der Waals surface area (Å²) in [5.74, 6) is -0.320. The standard InChI is InChI=1S/C24H33N3O3S/c1-19-10-9-13-23(20(19)2)27(31(3,29)30)18-24(28)25-16-21-11-5-6-12-22(21)17-26-14-7-4-8-15-26/h5-6,9-13H,4,7-8,14-18H2,1-3H3,(H,25,28). The van der Waals surface area contributed by atoms with Gasteiger partial charge in [0, 0.05) is 13.1 Å². The number of amides is 1. The van der Waals surface area contributed by atoms with E-state index in [9.17, 15) is 13.2 Å². The van der Waals surface area contributed by atoms with Gasteiger partial charge in [0.1, 0.15) is 6.54 Å². The number of hydrogen-bond acceptors (Lipinski definition) is 4. The second-order valence-electron chi connectivity index (χ2n) is 8.37. The molecule has 0 bridgehead atoms. The van der Waals surface area contributed by atoms with Crippen LogP contribution in [0, 0.1) is 13.8 Å². The van der Waals surface area contributed by atoms with E-state index in [1.54, 1.807) is 6.07 Å². The number of anilines is 1. The highest BCUT2D eigenvalue weighted by Gasteiger charge is 2.23. The van der Waals surface area contributed by atoms with Gasteiger partial charge in [0.05, 0.1) is 11.9 Å². The minimum Gasteiger partial charge on any atom is -0.350 e. The van der Waals surface area contributed by atoms with E-state index in [-0.39, 0.29) is 12.5 Å².